The number of amides is 2. The molecule has 1 fully saturated rings. The highest BCUT2D eigenvalue weighted by Gasteiger charge is 2.27. The Morgan fingerprint density at radius 1 is 1.15 bits per heavy atom. The second-order valence-electron chi connectivity index (χ2n) is 5.48. The molecule has 1 aliphatic heterocycles. The Hall–Kier alpha value is -1.10. The number of piperazine rings is 1. The first-order valence-electron chi connectivity index (χ1n) is 7.97. The predicted octanol–water partition coefficient (Wildman–Crippen LogP) is 1.28. The first-order chi connectivity index (χ1) is 9.69. The summed E-state index contributed by atoms with van der Waals surface area (Å²) in [5.41, 5.74) is 0. The summed E-state index contributed by atoms with van der Waals surface area (Å²) in [6, 6.07) is -0.254. The topological polar surface area (TPSA) is 61.4 Å². The van der Waals surface area contributed by atoms with Gasteiger partial charge in [-0.3, -0.25) is 14.9 Å². The third-order valence-corrected chi connectivity index (χ3v) is 3.69. The summed E-state index contributed by atoms with van der Waals surface area (Å²) in [6.07, 6.45) is 6.77. The predicted molar refractivity (Wildman–Crippen MR) is 80.4 cm³/mol. The Bertz CT molecular complexity index is 287. The third kappa shape index (κ3) is 5.90. The molecule has 1 heterocycles. The number of nitrogens with zero attached hydrogens (tertiary/aromatic N) is 1. The van der Waals surface area contributed by atoms with Crippen molar-refractivity contribution in [2.24, 2.45) is 0 Å². The van der Waals surface area contributed by atoms with Gasteiger partial charge in [-0.1, -0.05) is 39.5 Å². The molecule has 2 amide bonds. The van der Waals surface area contributed by atoms with Crippen molar-refractivity contribution in [2.45, 2.75) is 58.4 Å². The summed E-state index contributed by atoms with van der Waals surface area (Å²) in [5.74, 6) is 0.106. The van der Waals surface area contributed by atoms with Crippen LogP contribution in [0.3, 0.4) is 0 Å². The SMILES string of the molecule is CCCCCN(CCCCC)C(=O)C1CNC(=O)CN1. The van der Waals surface area contributed by atoms with Gasteiger partial charge in [0.1, 0.15) is 6.04 Å². The van der Waals surface area contributed by atoms with Crippen molar-refractivity contribution in [3.05, 3.63) is 0 Å². The highest BCUT2D eigenvalue weighted by Crippen LogP contribution is 2.06. The largest absolute Gasteiger partial charge is 0.353 e. The fourth-order valence-corrected chi connectivity index (χ4v) is 2.40. The lowest BCUT2D eigenvalue weighted by Crippen LogP contribution is -2.58. The fraction of sp³-hybridized carbons (Fsp3) is 0.867. The summed E-state index contributed by atoms with van der Waals surface area (Å²) in [6.45, 7) is 6.66. The van der Waals surface area contributed by atoms with E-state index in [9.17, 15) is 9.59 Å². The number of carbonyl (C=O) groups is 2. The van der Waals surface area contributed by atoms with E-state index in [2.05, 4.69) is 24.5 Å². The van der Waals surface area contributed by atoms with Gasteiger partial charge in [0.15, 0.2) is 0 Å². The second kappa shape index (κ2) is 9.75. The molecule has 0 aromatic carbocycles. The van der Waals surface area contributed by atoms with Crippen LogP contribution in [-0.2, 0) is 9.59 Å². The average molecular weight is 283 g/mol. The third-order valence-electron chi connectivity index (χ3n) is 3.69. The van der Waals surface area contributed by atoms with Crippen LogP contribution >= 0.6 is 0 Å². The molecule has 0 aliphatic carbocycles. The summed E-state index contributed by atoms with van der Waals surface area (Å²) in [4.78, 5) is 25.6. The molecule has 5 heteroatoms. The van der Waals surface area contributed by atoms with Crippen LogP contribution in [0.15, 0.2) is 0 Å². The van der Waals surface area contributed by atoms with Gasteiger partial charge >= 0.3 is 0 Å². The van der Waals surface area contributed by atoms with Crippen LogP contribution in [0, 0.1) is 0 Å². The van der Waals surface area contributed by atoms with Crippen molar-refractivity contribution in [3.63, 3.8) is 0 Å². The molecule has 2 N–H and O–H groups in total. The maximum Gasteiger partial charge on any atom is 0.241 e. The van der Waals surface area contributed by atoms with Gasteiger partial charge in [-0.2, -0.15) is 0 Å². The lowest BCUT2D eigenvalue weighted by Gasteiger charge is -2.30. The van der Waals surface area contributed by atoms with Gasteiger partial charge in [0.05, 0.1) is 6.54 Å². The monoisotopic (exact) mass is 283 g/mol. The molecule has 0 spiro atoms. The second-order valence-corrected chi connectivity index (χ2v) is 5.48. The standard InChI is InChI=1S/C15H29N3O2/c1-3-5-7-9-18(10-8-6-4-2)15(20)13-11-17-14(19)12-16-13/h13,16H,3-12H2,1-2H3,(H,17,19). The molecule has 20 heavy (non-hydrogen) atoms. The van der Waals surface area contributed by atoms with E-state index in [1.54, 1.807) is 0 Å². The van der Waals surface area contributed by atoms with Crippen LogP contribution in [-0.4, -0.2) is 48.9 Å². The van der Waals surface area contributed by atoms with Crippen LogP contribution in [0.25, 0.3) is 0 Å². The molecule has 0 aromatic rings. The average Bonchev–Trinajstić information content (AvgIpc) is 2.46. The summed E-state index contributed by atoms with van der Waals surface area (Å²) >= 11 is 0. The number of carbonyl (C=O) groups excluding carboxylic acids is 2. The molecule has 1 unspecified atom stereocenters. The summed E-state index contributed by atoms with van der Waals surface area (Å²) < 4.78 is 0. The zero-order valence-electron chi connectivity index (χ0n) is 12.9. The molecule has 1 rings (SSSR count). The number of rotatable bonds is 9. The minimum Gasteiger partial charge on any atom is -0.353 e. The number of nitrogens with one attached hydrogen (secondary N) is 2. The number of hydrogen-bond donors (Lipinski definition) is 2. The van der Waals surface area contributed by atoms with Gasteiger partial charge < -0.3 is 10.2 Å². The minimum absolute atomic E-state index is 0.0300. The normalized spacial score (nSPS) is 18.7. The van der Waals surface area contributed by atoms with Crippen molar-refractivity contribution in [1.29, 1.82) is 0 Å². The minimum atomic E-state index is -0.254. The molecular formula is C15H29N3O2. The Morgan fingerprint density at radius 2 is 1.75 bits per heavy atom. The fourth-order valence-electron chi connectivity index (χ4n) is 2.40. The molecule has 5 nitrogen and oxygen atoms in total. The van der Waals surface area contributed by atoms with Crippen LogP contribution in [0.1, 0.15) is 52.4 Å². The molecule has 0 aromatic heterocycles. The van der Waals surface area contributed by atoms with E-state index in [-0.39, 0.29) is 24.4 Å². The molecule has 0 radical (unpaired) electrons. The van der Waals surface area contributed by atoms with E-state index in [1.807, 2.05) is 4.90 Å². The van der Waals surface area contributed by atoms with Gasteiger partial charge in [0, 0.05) is 19.6 Å². The molecule has 116 valence electrons. The Kier molecular flexibility index (Phi) is 8.26. The van der Waals surface area contributed by atoms with Gasteiger partial charge in [0.2, 0.25) is 11.8 Å². The van der Waals surface area contributed by atoms with Crippen LogP contribution < -0.4 is 10.6 Å². The maximum absolute atomic E-state index is 12.5. The number of hydrogen-bond acceptors (Lipinski definition) is 3. The van der Waals surface area contributed by atoms with Crippen LogP contribution in [0.2, 0.25) is 0 Å². The van der Waals surface area contributed by atoms with E-state index in [0.717, 1.165) is 51.6 Å². The summed E-state index contributed by atoms with van der Waals surface area (Å²) in [7, 11) is 0. The van der Waals surface area contributed by atoms with Crippen LogP contribution in [0.4, 0.5) is 0 Å². The lowest BCUT2D eigenvalue weighted by atomic mass is 10.1. The molecule has 1 saturated heterocycles. The van der Waals surface area contributed by atoms with Crippen molar-refractivity contribution >= 4 is 11.8 Å². The highest BCUT2D eigenvalue weighted by molar-refractivity contribution is 5.86. The number of unbranched alkanes of at least 4 members (excludes halogenated alkanes) is 4. The molecule has 1 aliphatic rings. The zero-order valence-corrected chi connectivity index (χ0v) is 12.9. The Morgan fingerprint density at radius 3 is 2.20 bits per heavy atom. The lowest BCUT2D eigenvalue weighted by molar-refractivity contribution is -0.135. The van der Waals surface area contributed by atoms with E-state index in [0.29, 0.717) is 6.54 Å². The van der Waals surface area contributed by atoms with Crippen LogP contribution in [0.5, 0.6) is 0 Å². The van der Waals surface area contributed by atoms with Gasteiger partial charge in [-0.05, 0) is 12.8 Å². The highest BCUT2D eigenvalue weighted by atomic mass is 16.2. The van der Waals surface area contributed by atoms with Crippen molar-refractivity contribution in [3.8, 4) is 0 Å². The first kappa shape index (κ1) is 17.0. The molecule has 0 bridgehead atoms. The van der Waals surface area contributed by atoms with Gasteiger partial charge in [-0.15, -0.1) is 0 Å². The zero-order chi connectivity index (χ0) is 14.8. The molecular weight excluding hydrogens is 254 g/mol. The Balaban J connectivity index is 2.46. The van der Waals surface area contributed by atoms with E-state index in [1.165, 1.54) is 0 Å². The van der Waals surface area contributed by atoms with E-state index < -0.39 is 0 Å². The smallest absolute Gasteiger partial charge is 0.241 e. The molecule has 1 atom stereocenters. The van der Waals surface area contributed by atoms with Gasteiger partial charge in [-0.25, -0.2) is 0 Å². The Labute approximate surface area is 122 Å². The summed E-state index contributed by atoms with van der Waals surface area (Å²) in [5, 5.41) is 5.78. The van der Waals surface area contributed by atoms with Crippen molar-refractivity contribution < 1.29 is 9.59 Å². The van der Waals surface area contributed by atoms with Crippen molar-refractivity contribution in [1.82, 2.24) is 15.5 Å². The molecule has 0 saturated carbocycles. The maximum atomic E-state index is 12.5. The quantitative estimate of drug-likeness (QED) is 0.627. The van der Waals surface area contributed by atoms with E-state index in [4.69, 9.17) is 0 Å². The van der Waals surface area contributed by atoms with Gasteiger partial charge in [0.25, 0.3) is 0 Å². The van der Waals surface area contributed by atoms with Crippen molar-refractivity contribution in [2.75, 3.05) is 26.2 Å². The first-order valence-corrected chi connectivity index (χ1v) is 7.97. The van der Waals surface area contributed by atoms with E-state index >= 15 is 0 Å².